The summed E-state index contributed by atoms with van der Waals surface area (Å²) < 4.78 is 0. The summed E-state index contributed by atoms with van der Waals surface area (Å²) in [6.07, 6.45) is 4.03. The number of aromatic nitrogens is 1. The number of pyridine rings is 1. The van der Waals surface area contributed by atoms with E-state index in [-0.39, 0.29) is 0 Å². The number of hydrogen-bond donors (Lipinski definition) is 1. The van der Waals surface area contributed by atoms with Gasteiger partial charge in [0.25, 0.3) is 0 Å². The van der Waals surface area contributed by atoms with Gasteiger partial charge < -0.3 is 5.11 Å². The van der Waals surface area contributed by atoms with E-state index < -0.39 is 6.10 Å². The minimum absolute atomic E-state index is 0.436. The van der Waals surface area contributed by atoms with Crippen molar-refractivity contribution >= 4 is 11.6 Å². The van der Waals surface area contributed by atoms with Crippen molar-refractivity contribution in [3.8, 4) is 0 Å². The van der Waals surface area contributed by atoms with Crippen molar-refractivity contribution in [2.75, 3.05) is 0 Å². The molecule has 1 N–H and O–H groups in total. The highest BCUT2D eigenvalue weighted by molar-refractivity contribution is 6.31. The lowest BCUT2D eigenvalue weighted by molar-refractivity contribution is 0.0695. The summed E-state index contributed by atoms with van der Waals surface area (Å²) in [5.41, 5.74) is 3.12. The number of aryl methyl sites for hydroxylation is 2. The first-order valence-electron chi connectivity index (χ1n) is 7.10. The molecule has 2 nitrogen and oxygen atoms in total. The van der Waals surface area contributed by atoms with Gasteiger partial charge in [0.1, 0.15) is 0 Å². The fourth-order valence-corrected chi connectivity index (χ4v) is 3.47. The van der Waals surface area contributed by atoms with Gasteiger partial charge in [-0.2, -0.15) is 0 Å². The summed E-state index contributed by atoms with van der Waals surface area (Å²) in [6.45, 7) is 8.46. The smallest absolute Gasteiger partial charge is 0.0808 e. The van der Waals surface area contributed by atoms with Crippen LogP contribution in [-0.2, 0) is 0 Å². The van der Waals surface area contributed by atoms with Gasteiger partial charge >= 0.3 is 0 Å². The fourth-order valence-electron chi connectivity index (χ4n) is 3.31. The van der Waals surface area contributed by atoms with Gasteiger partial charge in [-0.3, -0.25) is 4.98 Å². The van der Waals surface area contributed by atoms with Gasteiger partial charge in [0.05, 0.1) is 16.8 Å². The Morgan fingerprint density at radius 2 is 2.00 bits per heavy atom. The Hall–Kier alpha value is -0.600. The molecule has 0 amide bonds. The topological polar surface area (TPSA) is 33.1 Å². The third kappa shape index (κ3) is 3.49. The molecular formula is C16H24ClNO. The first kappa shape index (κ1) is 14.8. The molecule has 1 saturated carbocycles. The van der Waals surface area contributed by atoms with E-state index in [1.54, 1.807) is 0 Å². The van der Waals surface area contributed by atoms with Crippen LogP contribution < -0.4 is 0 Å². The Labute approximate surface area is 121 Å². The molecule has 1 heterocycles. The first-order chi connectivity index (χ1) is 8.78. The minimum atomic E-state index is -0.436. The lowest BCUT2D eigenvalue weighted by Crippen LogP contribution is -2.31. The molecule has 0 aromatic carbocycles. The van der Waals surface area contributed by atoms with Crippen LogP contribution in [0.25, 0.3) is 0 Å². The zero-order valence-corrected chi connectivity index (χ0v) is 13.1. The Morgan fingerprint density at radius 3 is 2.58 bits per heavy atom. The summed E-state index contributed by atoms with van der Waals surface area (Å²) in [5, 5.41) is 11.0. The van der Waals surface area contributed by atoms with Gasteiger partial charge in [0, 0.05) is 11.3 Å². The molecule has 1 aliphatic carbocycles. The number of hydrogen-bond acceptors (Lipinski definition) is 2. The van der Waals surface area contributed by atoms with Crippen molar-refractivity contribution in [3.63, 3.8) is 0 Å². The first-order valence-corrected chi connectivity index (χ1v) is 7.48. The second-order valence-corrected chi connectivity index (χ2v) is 7.17. The van der Waals surface area contributed by atoms with Crippen molar-refractivity contribution in [1.29, 1.82) is 0 Å². The molecule has 0 spiro atoms. The van der Waals surface area contributed by atoms with E-state index in [9.17, 15) is 5.11 Å². The van der Waals surface area contributed by atoms with E-state index in [2.05, 4.69) is 18.8 Å². The molecule has 1 aliphatic rings. The maximum Gasteiger partial charge on any atom is 0.0808 e. The Balaban J connectivity index is 1.93. The molecule has 1 aromatic rings. The lowest BCUT2D eigenvalue weighted by atomic mass is 9.63. The van der Waals surface area contributed by atoms with Crippen molar-refractivity contribution in [1.82, 2.24) is 4.98 Å². The minimum Gasteiger partial charge on any atom is -0.388 e. The maximum absolute atomic E-state index is 10.3. The number of aliphatic hydroxyl groups is 1. The fraction of sp³-hybridized carbons (Fsp3) is 0.688. The van der Waals surface area contributed by atoms with Crippen LogP contribution in [0.4, 0.5) is 0 Å². The Morgan fingerprint density at radius 1 is 1.37 bits per heavy atom. The average Bonchev–Trinajstić information content (AvgIpc) is 2.28. The van der Waals surface area contributed by atoms with Crippen molar-refractivity contribution < 1.29 is 5.11 Å². The summed E-state index contributed by atoms with van der Waals surface area (Å²) in [6, 6.07) is 1.87. The molecule has 1 fully saturated rings. The van der Waals surface area contributed by atoms with Crippen LogP contribution in [-0.4, -0.2) is 10.1 Å². The Bertz CT molecular complexity index is 462. The number of nitrogens with zero attached hydrogens (tertiary/aromatic N) is 1. The largest absolute Gasteiger partial charge is 0.388 e. The summed E-state index contributed by atoms with van der Waals surface area (Å²) in [4.78, 5) is 4.39. The SMILES string of the molecule is Cc1nc(C)c([C@@H](O)CCC2CC(C)(C)C2)cc1Cl. The molecular weight excluding hydrogens is 258 g/mol. The molecule has 106 valence electrons. The standard InChI is InChI=1S/C16H24ClNO/c1-10-13(7-14(17)11(2)18-10)15(19)6-5-12-8-16(3,4)9-12/h7,12,15,19H,5-6,8-9H2,1-4H3/t15-/m0/s1. The van der Waals surface area contributed by atoms with E-state index in [0.29, 0.717) is 10.4 Å². The van der Waals surface area contributed by atoms with Crippen LogP contribution >= 0.6 is 11.6 Å². The van der Waals surface area contributed by atoms with Crippen LogP contribution in [0.3, 0.4) is 0 Å². The zero-order valence-electron chi connectivity index (χ0n) is 12.3. The molecule has 0 radical (unpaired) electrons. The van der Waals surface area contributed by atoms with Crippen LogP contribution in [0.2, 0.25) is 5.02 Å². The second-order valence-electron chi connectivity index (χ2n) is 6.76. The van der Waals surface area contributed by atoms with Crippen LogP contribution in [0, 0.1) is 25.2 Å². The number of halogens is 1. The van der Waals surface area contributed by atoms with E-state index in [0.717, 1.165) is 35.7 Å². The molecule has 0 aliphatic heterocycles. The van der Waals surface area contributed by atoms with Crippen LogP contribution in [0.15, 0.2) is 6.07 Å². The summed E-state index contributed by atoms with van der Waals surface area (Å²) in [7, 11) is 0. The lowest BCUT2D eigenvalue weighted by Gasteiger charge is -2.43. The molecule has 19 heavy (non-hydrogen) atoms. The molecule has 0 unspecified atom stereocenters. The molecule has 1 atom stereocenters. The van der Waals surface area contributed by atoms with E-state index >= 15 is 0 Å². The van der Waals surface area contributed by atoms with E-state index in [1.165, 1.54) is 12.8 Å². The van der Waals surface area contributed by atoms with Crippen molar-refractivity contribution in [2.24, 2.45) is 11.3 Å². The van der Waals surface area contributed by atoms with Gasteiger partial charge in [0.15, 0.2) is 0 Å². The molecule has 2 rings (SSSR count). The molecule has 0 saturated heterocycles. The quantitative estimate of drug-likeness (QED) is 0.875. The molecule has 3 heteroatoms. The van der Waals surface area contributed by atoms with Gasteiger partial charge in [-0.15, -0.1) is 0 Å². The van der Waals surface area contributed by atoms with Gasteiger partial charge in [-0.1, -0.05) is 25.4 Å². The highest BCUT2D eigenvalue weighted by Crippen LogP contribution is 2.47. The van der Waals surface area contributed by atoms with Crippen LogP contribution in [0.1, 0.15) is 62.6 Å². The summed E-state index contributed by atoms with van der Waals surface area (Å²) >= 11 is 6.09. The second kappa shape index (κ2) is 5.41. The third-order valence-electron chi connectivity index (χ3n) is 4.27. The van der Waals surface area contributed by atoms with Gasteiger partial charge in [-0.25, -0.2) is 0 Å². The zero-order chi connectivity index (χ0) is 14.2. The highest BCUT2D eigenvalue weighted by Gasteiger charge is 2.35. The predicted octanol–water partition coefficient (Wildman–Crippen LogP) is 4.60. The van der Waals surface area contributed by atoms with Gasteiger partial charge in [0.2, 0.25) is 0 Å². The molecule has 0 bridgehead atoms. The number of aliphatic hydroxyl groups excluding tert-OH is 1. The average molecular weight is 282 g/mol. The predicted molar refractivity (Wildman–Crippen MR) is 79.4 cm³/mol. The van der Waals surface area contributed by atoms with Gasteiger partial charge in [-0.05, 0) is 56.9 Å². The highest BCUT2D eigenvalue weighted by atomic mass is 35.5. The van der Waals surface area contributed by atoms with E-state index in [1.807, 2.05) is 19.9 Å². The van der Waals surface area contributed by atoms with E-state index in [4.69, 9.17) is 11.6 Å². The Kier molecular flexibility index (Phi) is 4.22. The van der Waals surface area contributed by atoms with Crippen LogP contribution in [0.5, 0.6) is 0 Å². The number of rotatable bonds is 4. The monoisotopic (exact) mass is 281 g/mol. The summed E-state index contributed by atoms with van der Waals surface area (Å²) in [5.74, 6) is 0.777. The van der Waals surface area contributed by atoms with Crippen molar-refractivity contribution in [3.05, 3.63) is 28.0 Å². The third-order valence-corrected chi connectivity index (χ3v) is 4.65. The normalized spacial score (nSPS) is 20.1. The maximum atomic E-state index is 10.3. The molecule has 1 aromatic heterocycles. The van der Waals surface area contributed by atoms with Crippen molar-refractivity contribution in [2.45, 2.75) is 59.5 Å².